The number of rotatable bonds is 6. The largest absolute Gasteiger partial charge is 0.323 e. The summed E-state index contributed by atoms with van der Waals surface area (Å²) in [6.45, 7) is 9.90. The molecule has 0 saturated heterocycles. The monoisotopic (exact) mass is 277 g/mol. The number of hydrogen-bond acceptors (Lipinski definition) is 4. The Kier molecular flexibility index (Phi) is 5.86. The van der Waals surface area contributed by atoms with E-state index < -0.39 is 5.92 Å². The molecule has 0 aromatic rings. The Balaban J connectivity index is 3.16. The highest BCUT2D eigenvalue weighted by atomic mass is 16.7. The molecule has 0 saturated carbocycles. The van der Waals surface area contributed by atoms with E-state index in [1.165, 1.54) is 0 Å². The number of nitrogens with zero attached hydrogens (tertiary/aromatic N) is 1. The second-order valence-corrected chi connectivity index (χ2v) is 5.64. The second kappa shape index (κ2) is 7.17. The van der Waals surface area contributed by atoms with Crippen molar-refractivity contribution in [1.82, 2.24) is 0 Å². The van der Waals surface area contributed by atoms with Crippen molar-refractivity contribution in [2.45, 2.75) is 41.0 Å². The molecule has 20 heavy (non-hydrogen) atoms. The van der Waals surface area contributed by atoms with Crippen molar-refractivity contribution in [3.63, 3.8) is 0 Å². The smallest absolute Gasteiger partial charge is 0.321 e. The quantitative estimate of drug-likeness (QED) is 0.324. The summed E-state index contributed by atoms with van der Waals surface area (Å²) in [7, 11) is 0. The molecule has 0 spiro atoms. The van der Waals surface area contributed by atoms with Gasteiger partial charge in [-0.2, -0.15) is 0 Å². The van der Waals surface area contributed by atoms with E-state index in [2.05, 4.69) is 29.1 Å². The third-order valence-electron chi connectivity index (χ3n) is 3.55. The highest BCUT2D eigenvalue weighted by molar-refractivity contribution is 6.15. The minimum absolute atomic E-state index is 0.0858. The molecule has 0 heterocycles. The topological polar surface area (TPSA) is 55.7 Å². The Morgan fingerprint density at radius 3 is 2.65 bits per heavy atom. The first-order valence-corrected chi connectivity index (χ1v) is 6.98. The van der Waals surface area contributed by atoms with E-state index in [-0.39, 0.29) is 18.2 Å². The maximum atomic E-state index is 12.2. The Labute approximate surface area is 120 Å². The van der Waals surface area contributed by atoms with E-state index in [9.17, 15) is 9.59 Å². The molecule has 4 nitrogen and oxygen atoms in total. The van der Waals surface area contributed by atoms with Crippen LogP contribution in [0.3, 0.4) is 0 Å². The second-order valence-electron chi connectivity index (χ2n) is 5.64. The molecule has 0 aliphatic heterocycles. The first-order chi connectivity index (χ1) is 9.38. The lowest BCUT2D eigenvalue weighted by molar-refractivity contribution is -0.129. The Morgan fingerprint density at radius 1 is 1.45 bits per heavy atom. The molecule has 2 atom stereocenters. The molecule has 0 aromatic carbocycles. The van der Waals surface area contributed by atoms with E-state index in [1.807, 2.05) is 27.7 Å². The molecular weight excluding hydrogens is 254 g/mol. The summed E-state index contributed by atoms with van der Waals surface area (Å²) >= 11 is 0. The summed E-state index contributed by atoms with van der Waals surface area (Å²) in [6, 6.07) is 0. The van der Waals surface area contributed by atoms with Gasteiger partial charge in [-0.15, -0.1) is 0 Å². The van der Waals surface area contributed by atoms with Gasteiger partial charge in [-0.1, -0.05) is 38.1 Å². The van der Waals surface area contributed by atoms with Crippen LogP contribution < -0.4 is 0 Å². The molecule has 0 N–H and O–H groups in total. The zero-order valence-corrected chi connectivity index (χ0v) is 12.8. The van der Waals surface area contributed by atoms with E-state index in [1.54, 1.807) is 0 Å². The highest BCUT2D eigenvalue weighted by Gasteiger charge is 2.27. The number of carbonyl (C=O) groups is 2. The Morgan fingerprint density at radius 2 is 2.10 bits per heavy atom. The minimum atomic E-state index is -0.394. The van der Waals surface area contributed by atoms with Gasteiger partial charge in [0.2, 0.25) is 0 Å². The first-order valence-electron chi connectivity index (χ1n) is 6.98. The van der Waals surface area contributed by atoms with Crippen LogP contribution in [0.5, 0.6) is 0 Å². The van der Waals surface area contributed by atoms with Crippen LogP contribution in [0.4, 0.5) is 0 Å². The van der Waals surface area contributed by atoms with Crippen LogP contribution in [0.1, 0.15) is 41.0 Å². The van der Waals surface area contributed by atoms with Crippen molar-refractivity contribution in [3.8, 4) is 0 Å². The summed E-state index contributed by atoms with van der Waals surface area (Å²) < 4.78 is 0. The fourth-order valence-corrected chi connectivity index (χ4v) is 2.32. The van der Waals surface area contributed by atoms with Gasteiger partial charge in [0.25, 0.3) is 0 Å². The van der Waals surface area contributed by atoms with Crippen molar-refractivity contribution in [2.75, 3.05) is 0 Å². The zero-order chi connectivity index (χ0) is 15.3. The van der Waals surface area contributed by atoms with Gasteiger partial charge in [-0.3, -0.25) is 9.59 Å². The molecule has 4 heteroatoms. The lowest BCUT2D eigenvalue weighted by atomic mass is 9.82. The third-order valence-corrected chi connectivity index (χ3v) is 3.55. The van der Waals surface area contributed by atoms with Gasteiger partial charge in [0.05, 0.1) is 11.6 Å². The Hall–Kier alpha value is -1.71. The molecule has 0 amide bonds. The summed E-state index contributed by atoms with van der Waals surface area (Å²) in [5.41, 5.74) is 2.52. The normalized spacial score (nSPS) is 21.1. The summed E-state index contributed by atoms with van der Waals surface area (Å²) in [5, 5.41) is 3.87. The van der Waals surface area contributed by atoms with Crippen molar-refractivity contribution >= 4 is 18.0 Å². The molecule has 110 valence electrons. The molecular formula is C16H23NO3. The van der Waals surface area contributed by atoms with Crippen molar-refractivity contribution in [2.24, 2.45) is 22.9 Å². The van der Waals surface area contributed by atoms with Gasteiger partial charge >= 0.3 is 6.47 Å². The number of Topliss-reactive ketones (excluding diaryl/α,β-unsaturated/α-hetero) is 1. The van der Waals surface area contributed by atoms with E-state index in [0.29, 0.717) is 11.6 Å². The van der Waals surface area contributed by atoms with Crippen molar-refractivity contribution in [3.05, 3.63) is 23.3 Å². The third kappa shape index (κ3) is 3.89. The van der Waals surface area contributed by atoms with Crippen LogP contribution >= 0.6 is 0 Å². The molecule has 2 unspecified atom stereocenters. The van der Waals surface area contributed by atoms with Crippen LogP contribution in [-0.2, 0) is 14.4 Å². The predicted octanol–water partition coefficient (Wildman–Crippen LogP) is 3.29. The fourth-order valence-electron chi connectivity index (χ4n) is 2.32. The van der Waals surface area contributed by atoms with Crippen molar-refractivity contribution in [1.29, 1.82) is 0 Å². The summed E-state index contributed by atoms with van der Waals surface area (Å²) in [5.74, 6) is -0.00570. The zero-order valence-electron chi connectivity index (χ0n) is 12.8. The number of oxime groups is 1. The van der Waals surface area contributed by atoms with E-state index in [4.69, 9.17) is 0 Å². The number of ketones is 1. The molecule has 1 aliphatic carbocycles. The minimum Gasteiger partial charge on any atom is -0.321 e. The maximum Gasteiger partial charge on any atom is 0.323 e. The number of hydrogen-bond donors (Lipinski definition) is 0. The van der Waals surface area contributed by atoms with Gasteiger partial charge in [0.15, 0.2) is 0 Å². The van der Waals surface area contributed by atoms with E-state index in [0.717, 1.165) is 17.6 Å². The standard InChI is InChI=1S/C16H23NO3/c1-10(2)16(19)13(5)15(17-20-9-18)14-8-11(3)6-7-12(14)4/h7-11,13H,6H2,1-5H3/b17-15+. The average molecular weight is 277 g/mol. The number of carbonyl (C=O) groups excluding carboxylic acids is 2. The highest BCUT2D eigenvalue weighted by Crippen LogP contribution is 2.27. The van der Waals surface area contributed by atoms with Gasteiger partial charge in [-0.25, -0.2) is 0 Å². The molecule has 0 radical (unpaired) electrons. The van der Waals surface area contributed by atoms with Crippen LogP contribution in [0.2, 0.25) is 0 Å². The number of allylic oxidation sites excluding steroid dienone is 4. The molecule has 0 aromatic heterocycles. The van der Waals surface area contributed by atoms with Crippen LogP contribution in [0.25, 0.3) is 0 Å². The summed E-state index contributed by atoms with van der Waals surface area (Å²) in [4.78, 5) is 27.2. The summed E-state index contributed by atoms with van der Waals surface area (Å²) in [6.07, 6.45) is 5.19. The first kappa shape index (κ1) is 16.3. The predicted molar refractivity (Wildman–Crippen MR) is 79.2 cm³/mol. The molecule has 0 bridgehead atoms. The Bertz CT molecular complexity index is 472. The van der Waals surface area contributed by atoms with Gasteiger partial charge in [0.1, 0.15) is 5.78 Å². The molecule has 0 fully saturated rings. The molecule has 1 aliphatic rings. The SMILES string of the molecule is CC1=CCC(C)C=C1/C(=N/OC=O)C(C)C(=O)C(C)C. The van der Waals surface area contributed by atoms with Gasteiger partial charge < -0.3 is 4.84 Å². The lowest BCUT2D eigenvalue weighted by Crippen LogP contribution is -2.28. The van der Waals surface area contributed by atoms with Crippen molar-refractivity contribution < 1.29 is 14.4 Å². The fraction of sp³-hybridized carbons (Fsp3) is 0.562. The van der Waals surface area contributed by atoms with E-state index >= 15 is 0 Å². The van der Waals surface area contributed by atoms with Crippen LogP contribution in [0.15, 0.2) is 28.5 Å². The average Bonchev–Trinajstić information content (AvgIpc) is 2.41. The van der Waals surface area contributed by atoms with Crippen LogP contribution in [-0.4, -0.2) is 18.0 Å². The van der Waals surface area contributed by atoms with Gasteiger partial charge in [-0.05, 0) is 37.3 Å². The van der Waals surface area contributed by atoms with Gasteiger partial charge in [0, 0.05) is 5.92 Å². The maximum absolute atomic E-state index is 12.2. The lowest BCUT2D eigenvalue weighted by Gasteiger charge is -2.22. The molecule has 1 rings (SSSR count). The van der Waals surface area contributed by atoms with Crippen LogP contribution in [0, 0.1) is 17.8 Å².